The van der Waals surface area contributed by atoms with Gasteiger partial charge >= 0.3 is 0 Å². The van der Waals surface area contributed by atoms with Crippen LogP contribution < -0.4 is 0 Å². The van der Waals surface area contributed by atoms with Crippen molar-refractivity contribution in [1.29, 1.82) is 0 Å². The van der Waals surface area contributed by atoms with E-state index in [9.17, 15) is 0 Å². The molecule has 0 amide bonds. The van der Waals surface area contributed by atoms with Crippen LogP contribution in [0.5, 0.6) is 0 Å². The second kappa shape index (κ2) is 5.82. The Hall–Kier alpha value is -2.71. The highest BCUT2D eigenvalue weighted by molar-refractivity contribution is 6.30. The van der Waals surface area contributed by atoms with Crippen LogP contribution in [-0.2, 0) is 0 Å². The summed E-state index contributed by atoms with van der Waals surface area (Å²) in [6.07, 6.45) is 3.57. The molecule has 0 aliphatic rings. The predicted molar refractivity (Wildman–Crippen MR) is 95.4 cm³/mol. The van der Waals surface area contributed by atoms with Crippen molar-refractivity contribution >= 4 is 22.5 Å². The van der Waals surface area contributed by atoms with Gasteiger partial charge in [-0.2, -0.15) is 0 Å². The average Bonchev–Trinajstić information content (AvgIpc) is 2.62. The van der Waals surface area contributed by atoms with E-state index in [0.29, 0.717) is 0 Å². The molecule has 4 aromatic rings. The highest BCUT2D eigenvalue weighted by atomic mass is 35.5. The molecule has 0 fully saturated rings. The average molecular weight is 317 g/mol. The van der Waals surface area contributed by atoms with E-state index in [4.69, 9.17) is 16.6 Å². The Morgan fingerprint density at radius 1 is 0.739 bits per heavy atom. The van der Waals surface area contributed by atoms with E-state index in [1.54, 1.807) is 12.4 Å². The maximum atomic E-state index is 6.03. The van der Waals surface area contributed by atoms with Crippen molar-refractivity contribution in [3.8, 4) is 22.4 Å². The third-order valence-electron chi connectivity index (χ3n) is 3.85. The first-order chi connectivity index (χ1) is 11.3. The lowest BCUT2D eigenvalue weighted by Crippen LogP contribution is -1.90. The Balaban J connectivity index is 2.00. The van der Waals surface area contributed by atoms with Crippen molar-refractivity contribution in [2.24, 2.45) is 0 Å². The van der Waals surface area contributed by atoms with E-state index < -0.39 is 0 Å². The monoisotopic (exact) mass is 316 g/mol. The Morgan fingerprint density at radius 3 is 2.26 bits per heavy atom. The summed E-state index contributed by atoms with van der Waals surface area (Å²) in [5.41, 5.74) is 5.26. The summed E-state index contributed by atoms with van der Waals surface area (Å²) in [4.78, 5) is 8.88. The normalized spacial score (nSPS) is 10.8. The minimum atomic E-state index is 0.737. The zero-order valence-electron chi connectivity index (χ0n) is 12.3. The Kier molecular flexibility index (Phi) is 3.52. The fourth-order valence-electron chi connectivity index (χ4n) is 2.71. The number of benzene rings is 2. The molecule has 0 spiro atoms. The minimum Gasteiger partial charge on any atom is -0.265 e. The standard InChI is InChI=1S/C20H13ClN2/c21-16-7-5-14(6-8-16)18-13-20(15-9-11-22-12-10-15)23-19-4-2-1-3-17(18)19/h1-13H. The van der Waals surface area contributed by atoms with E-state index in [2.05, 4.69) is 17.1 Å². The van der Waals surface area contributed by atoms with E-state index in [0.717, 1.165) is 38.3 Å². The van der Waals surface area contributed by atoms with Crippen LogP contribution in [0.4, 0.5) is 0 Å². The van der Waals surface area contributed by atoms with E-state index >= 15 is 0 Å². The Labute approximate surface area is 139 Å². The van der Waals surface area contributed by atoms with Crippen molar-refractivity contribution < 1.29 is 0 Å². The van der Waals surface area contributed by atoms with Crippen LogP contribution in [0.15, 0.2) is 79.1 Å². The molecule has 4 rings (SSSR count). The van der Waals surface area contributed by atoms with Gasteiger partial charge in [0.15, 0.2) is 0 Å². The van der Waals surface area contributed by atoms with Crippen LogP contribution in [0.1, 0.15) is 0 Å². The molecule has 0 atom stereocenters. The van der Waals surface area contributed by atoms with Crippen molar-refractivity contribution in [2.45, 2.75) is 0 Å². The molecule has 0 saturated heterocycles. The quantitative estimate of drug-likeness (QED) is 0.480. The zero-order chi connectivity index (χ0) is 15.6. The van der Waals surface area contributed by atoms with Gasteiger partial charge in [-0.05, 0) is 47.5 Å². The lowest BCUT2D eigenvalue weighted by Gasteiger charge is -2.10. The zero-order valence-corrected chi connectivity index (χ0v) is 13.0. The van der Waals surface area contributed by atoms with Gasteiger partial charge in [-0.3, -0.25) is 4.98 Å². The molecule has 0 aliphatic heterocycles. The molecule has 0 radical (unpaired) electrons. The summed E-state index contributed by atoms with van der Waals surface area (Å²) in [7, 11) is 0. The summed E-state index contributed by atoms with van der Waals surface area (Å²) >= 11 is 6.03. The van der Waals surface area contributed by atoms with Gasteiger partial charge in [0.05, 0.1) is 11.2 Å². The fraction of sp³-hybridized carbons (Fsp3) is 0. The van der Waals surface area contributed by atoms with Gasteiger partial charge in [0, 0.05) is 28.4 Å². The number of hydrogen-bond donors (Lipinski definition) is 0. The number of halogens is 1. The summed E-state index contributed by atoms with van der Waals surface area (Å²) < 4.78 is 0. The van der Waals surface area contributed by atoms with Gasteiger partial charge in [0.1, 0.15) is 0 Å². The molecule has 0 aliphatic carbocycles. The maximum absolute atomic E-state index is 6.03. The topological polar surface area (TPSA) is 25.8 Å². The van der Waals surface area contributed by atoms with Crippen LogP contribution in [-0.4, -0.2) is 9.97 Å². The lowest BCUT2D eigenvalue weighted by molar-refractivity contribution is 1.31. The summed E-state index contributed by atoms with van der Waals surface area (Å²) in [5, 5.41) is 1.87. The number of pyridine rings is 2. The van der Waals surface area contributed by atoms with E-state index in [1.165, 1.54) is 0 Å². The first-order valence-electron chi connectivity index (χ1n) is 7.37. The lowest BCUT2D eigenvalue weighted by atomic mass is 9.98. The highest BCUT2D eigenvalue weighted by Crippen LogP contribution is 2.32. The van der Waals surface area contributed by atoms with Crippen LogP contribution in [0.3, 0.4) is 0 Å². The molecule has 2 nitrogen and oxygen atoms in total. The summed E-state index contributed by atoms with van der Waals surface area (Å²) in [6, 6.07) is 22.2. The molecular weight excluding hydrogens is 304 g/mol. The van der Waals surface area contributed by atoms with Crippen LogP contribution >= 0.6 is 11.6 Å². The molecule has 0 saturated carbocycles. The third-order valence-corrected chi connectivity index (χ3v) is 4.10. The van der Waals surface area contributed by atoms with E-state index in [1.807, 2.05) is 54.6 Å². The number of nitrogens with zero attached hydrogens (tertiary/aromatic N) is 2. The van der Waals surface area contributed by atoms with Gasteiger partial charge in [0.25, 0.3) is 0 Å². The molecule has 0 N–H and O–H groups in total. The predicted octanol–water partition coefficient (Wildman–Crippen LogP) is 5.62. The second-order valence-electron chi connectivity index (χ2n) is 5.31. The molecule has 3 heteroatoms. The minimum absolute atomic E-state index is 0.737. The first-order valence-corrected chi connectivity index (χ1v) is 7.75. The van der Waals surface area contributed by atoms with Crippen LogP contribution in [0.2, 0.25) is 5.02 Å². The molecule has 2 heterocycles. The van der Waals surface area contributed by atoms with Crippen LogP contribution in [0.25, 0.3) is 33.3 Å². The van der Waals surface area contributed by atoms with Crippen molar-refractivity contribution in [3.63, 3.8) is 0 Å². The third kappa shape index (κ3) is 2.69. The maximum Gasteiger partial charge on any atom is 0.0717 e. The SMILES string of the molecule is Clc1ccc(-c2cc(-c3ccncc3)nc3ccccc23)cc1. The number of hydrogen-bond acceptors (Lipinski definition) is 2. The first kappa shape index (κ1) is 13.9. The number of para-hydroxylation sites is 1. The second-order valence-corrected chi connectivity index (χ2v) is 5.75. The molecule has 2 aromatic carbocycles. The Morgan fingerprint density at radius 2 is 1.48 bits per heavy atom. The Bertz CT molecular complexity index is 964. The van der Waals surface area contributed by atoms with E-state index in [-0.39, 0.29) is 0 Å². The van der Waals surface area contributed by atoms with Gasteiger partial charge in [-0.1, -0.05) is 41.9 Å². The van der Waals surface area contributed by atoms with Crippen molar-refractivity contribution in [3.05, 3.63) is 84.1 Å². The van der Waals surface area contributed by atoms with Gasteiger partial charge in [-0.25, -0.2) is 4.98 Å². The number of rotatable bonds is 2. The van der Waals surface area contributed by atoms with Gasteiger partial charge in [0.2, 0.25) is 0 Å². The van der Waals surface area contributed by atoms with Crippen LogP contribution in [0, 0.1) is 0 Å². The molecule has 2 aromatic heterocycles. The highest BCUT2D eigenvalue weighted by Gasteiger charge is 2.09. The molecule has 110 valence electrons. The largest absolute Gasteiger partial charge is 0.265 e. The summed E-state index contributed by atoms with van der Waals surface area (Å²) in [5.74, 6) is 0. The fourth-order valence-corrected chi connectivity index (χ4v) is 2.84. The number of fused-ring (bicyclic) bond motifs is 1. The molecule has 0 unspecified atom stereocenters. The summed E-state index contributed by atoms with van der Waals surface area (Å²) in [6.45, 7) is 0. The molecular formula is C20H13ClN2. The molecule has 23 heavy (non-hydrogen) atoms. The van der Waals surface area contributed by atoms with Crippen molar-refractivity contribution in [2.75, 3.05) is 0 Å². The smallest absolute Gasteiger partial charge is 0.0717 e. The van der Waals surface area contributed by atoms with Gasteiger partial charge in [-0.15, -0.1) is 0 Å². The van der Waals surface area contributed by atoms with Gasteiger partial charge < -0.3 is 0 Å². The molecule has 0 bridgehead atoms. The number of aromatic nitrogens is 2. The van der Waals surface area contributed by atoms with Crippen molar-refractivity contribution in [1.82, 2.24) is 9.97 Å².